The molecule has 2 aromatic carbocycles. The van der Waals surface area contributed by atoms with Crippen LogP contribution in [0.2, 0.25) is 5.02 Å². The van der Waals surface area contributed by atoms with E-state index in [-0.39, 0.29) is 4.90 Å². The molecule has 11 heteroatoms. The predicted molar refractivity (Wildman–Crippen MR) is 111 cm³/mol. The number of methoxy groups -OCH3 is 1. The maximum atomic E-state index is 12.9. The highest BCUT2D eigenvalue weighted by atomic mass is 35.5. The van der Waals surface area contributed by atoms with Gasteiger partial charge in [-0.25, -0.2) is 8.42 Å². The molecule has 0 atom stereocenters. The minimum absolute atomic E-state index is 0.215. The molecule has 1 aliphatic rings. The van der Waals surface area contributed by atoms with E-state index in [4.69, 9.17) is 16.3 Å². The van der Waals surface area contributed by atoms with Crippen LogP contribution in [0.15, 0.2) is 53.4 Å². The number of piperazine rings is 1. The van der Waals surface area contributed by atoms with E-state index in [9.17, 15) is 8.42 Å². The van der Waals surface area contributed by atoms with Gasteiger partial charge in [-0.2, -0.15) is 8.99 Å². The summed E-state index contributed by atoms with van der Waals surface area (Å²) in [5.74, 6) is 1.44. The molecule has 0 aliphatic carbocycles. The zero-order valence-electron chi connectivity index (χ0n) is 16.3. The maximum absolute atomic E-state index is 12.9. The van der Waals surface area contributed by atoms with Crippen LogP contribution in [0.25, 0.3) is 5.69 Å². The predicted octanol–water partition coefficient (Wildman–Crippen LogP) is 1.83. The summed E-state index contributed by atoms with van der Waals surface area (Å²) in [6, 6.07) is 13.8. The van der Waals surface area contributed by atoms with Crippen molar-refractivity contribution in [2.24, 2.45) is 0 Å². The van der Waals surface area contributed by atoms with Crippen LogP contribution in [0.5, 0.6) is 5.75 Å². The number of nitrogens with zero attached hydrogens (tertiary/aromatic N) is 6. The standard InChI is InChI=1S/C19H21ClN6O3S/c1-29-17-7-5-16(6-8-17)26-19(21-22-23-26)14-24-9-11-25(12-10-24)30(27,28)18-4-2-3-15(20)13-18/h2-8,13H,9-12,14H2,1H3. The molecule has 0 bridgehead atoms. The maximum Gasteiger partial charge on any atom is 0.243 e. The number of halogens is 1. The Hall–Kier alpha value is -2.53. The van der Waals surface area contributed by atoms with E-state index in [2.05, 4.69) is 20.4 Å². The largest absolute Gasteiger partial charge is 0.497 e. The first-order valence-electron chi connectivity index (χ1n) is 9.37. The van der Waals surface area contributed by atoms with Crippen LogP contribution < -0.4 is 4.74 Å². The van der Waals surface area contributed by atoms with Gasteiger partial charge in [-0.3, -0.25) is 4.90 Å². The van der Waals surface area contributed by atoms with E-state index < -0.39 is 10.0 Å². The Kier molecular flexibility index (Phi) is 6.00. The molecule has 0 spiro atoms. The van der Waals surface area contributed by atoms with Crippen molar-refractivity contribution in [3.63, 3.8) is 0 Å². The van der Waals surface area contributed by atoms with Crippen LogP contribution in [0.1, 0.15) is 5.82 Å². The highest BCUT2D eigenvalue weighted by molar-refractivity contribution is 7.89. The third-order valence-electron chi connectivity index (χ3n) is 4.98. The van der Waals surface area contributed by atoms with Crippen molar-refractivity contribution >= 4 is 21.6 Å². The van der Waals surface area contributed by atoms with Crippen LogP contribution in [0, 0.1) is 0 Å². The van der Waals surface area contributed by atoms with Gasteiger partial charge < -0.3 is 4.74 Å². The van der Waals surface area contributed by atoms with Gasteiger partial charge in [0, 0.05) is 31.2 Å². The van der Waals surface area contributed by atoms with Crippen molar-refractivity contribution in [1.82, 2.24) is 29.4 Å². The molecule has 0 radical (unpaired) electrons. The Morgan fingerprint density at radius 2 is 1.80 bits per heavy atom. The summed E-state index contributed by atoms with van der Waals surface area (Å²) >= 11 is 5.96. The number of ether oxygens (including phenoxy) is 1. The summed E-state index contributed by atoms with van der Waals surface area (Å²) < 4.78 is 34.1. The fraction of sp³-hybridized carbons (Fsp3) is 0.316. The van der Waals surface area contributed by atoms with Gasteiger partial charge in [-0.1, -0.05) is 17.7 Å². The molecule has 1 fully saturated rings. The Balaban J connectivity index is 1.42. The molecule has 158 valence electrons. The molecule has 0 N–H and O–H groups in total. The molecule has 0 amide bonds. The summed E-state index contributed by atoms with van der Waals surface area (Å²) in [4.78, 5) is 2.35. The molecule has 1 saturated heterocycles. The first-order valence-corrected chi connectivity index (χ1v) is 11.2. The first kappa shape index (κ1) is 20.7. The van der Waals surface area contributed by atoms with E-state index in [1.807, 2.05) is 24.3 Å². The van der Waals surface area contributed by atoms with Crippen molar-refractivity contribution < 1.29 is 13.2 Å². The molecule has 30 heavy (non-hydrogen) atoms. The highest BCUT2D eigenvalue weighted by Crippen LogP contribution is 2.21. The first-order chi connectivity index (χ1) is 14.5. The van der Waals surface area contributed by atoms with Gasteiger partial charge in [-0.05, 0) is 52.9 Å². The van der Waals surface area contributed by atoms with Crippen molar-refractivity contribution in [3.8, 4) is 11.4 Å². The van der Waals surface area contributed by atoms with E-state index in [0.717, 1.165) is 11.4 Å². The smallest absolute Gasteiger partial charge is 0.243 e. The third kappa shape index (κ3) is 4.31. The van der Waals surface area contributed by atoms with E-state index >= 15 is 0 Å². The van der Waals surface area contributed by atoms with Crippen LogP contribution in [0.4, 0.5) is 0 Å². The normalized spacial score (nSPS) is 15.9. The van der Waals surface area contributed by atoms with Gasteiger partial charge in [0.25, 0.3) is 0 Å². The van der Waals surface area contributed by atoms with Gasteiger partial charge in [0.2, 0.25) is 10.0 Å². The van der Waals surface area contributed by atoms with Crippen LogP contribution in [-0.4, -0.2) is 71.1 Å². The summed E-state index contributed by atoms with van der Waals surface area (Å²) in [6.45, 7) is 2.45. The number of sulfonamides is 1. The monoisotopic (exact) mass is 448 g/mol. The van der Waals surface area contributed by atoms with Crippen LogP contribution in [0.3, 0.4) is 0 Å². The molecule has 9 nitrogen and oxygen atoms in total. The lowest BCUT2D eigenvalue weighted by Gasteiger charge is -2.33. The summed E-state index contributed by atoms with van der Waals surface area (Å²) in [6.07, 6.45) is 0. The van der Waals surface area contributed by atoms with Crippen LogP contribution in [-0.2, 0) is 16.6 Å². The average molecular weight is 449 g/mol. The number of benzene rings is 2. The molecule has 1 aromatic heterocycles. The van der Waals surface area contributed by atoms with Crippen LogP contribution >= 0.6 is 11.6 Å². The van der Waals surface area contributed by atoms with E-state index in [1.165, 1.54) is 10.4 Å². The fourth-order valence-corrected chi connectivity index (χ4v) is 5.06. The average Bonchev–Trinajstić information content (AvgIpc) is 3.22. The Morgan fingerprint density at radius 3 is 2.47 bits per heavy atom. The number of tetrazole rings is 1. The molecular formula is C19H21ClN6O3S. The number of aromatic nitrogens is 4. The number of hydrogen-bond donors (Lipinski definition) is 0. The van der Waals surface area contributed by atoms with E-state index in [1.54, 1.807) is 30.0 Å². The summed E-state index contributed by atoms with van der Waals surface area (Å²) in [7, 11) is -1.95. The SMILES string of the molecule is COc1ccc(-n2nnnc2CN2CCN(S(=O)(=O)c3cccc(Cl)c3)CC2)cc1. The van der Waals surface area contributed by atoms with Crippen molar-refractivity contribution in [2.75, 3.05) is 33.3 Å². The van der Waals surface area contributed by atoms with E-state index in [0.29, 0.717) is 43.6 Å². The lowest BCUT2D eigenvalue weighted by molar-refractivity contribution is 0.177. The zero-order chi connectivity index (χ0) is 21.1. The second kappa shape index (κ2) is 8.68. The Bertz CT molecular complexity index is 1110. The van der Waals surface area contributed by atoms with Crippen molar-refractivity contribution in [1.29, 1.82) is 0 Å². The molecule has 2 heterocycles. The molecular weight excluding hydrogens is 428 g/mol. The molecule has 3 aromatic rings. The number of hydrogen-bond acceptors (Lipinski definition) is 7. The second-order valence-corrected chi connectivity index (χ2v) is 9.22. The summed E-state index contributed by atoms with van der Waals surface area (Å²) in [5, 5.41) is 12.4. The number of rotatable bonds is 6. The van der Waals surface area contributed by atoms with Gasteiger partial charge in [-0.15, -0.1) is 5.10 Å². The van der Waals surface area contributed by atoms with Gasteiger partial charge in [0.15, 0.2) is 5.82 Å². The minimum atomic E-state index is -3.56. The Morgan fingerprint density at radius 1 is 1.07 bits per heavy atom. The third-order valence-corrected chi connectivity index (χ3v) is 7.11. The molecule has 1 aliphatic heterocycles. The Labute approximate surface area is 179 Å². The topological polar surface area (TPSA) is 93.4 Å². The molecule has 4 rings (SSSR count). The lowest BCUT2D eigenvalue weighted by atomic mass is 10.3. The minimum Gasteiger partial charge on any atom is -0.497 e. The highest BCUT2D eigenvalue weighted by Gasteiger charge is 2.29. The molecule has 0 saturated carbocycles. The summed E-state index contributed by atoms with van der Waals surface area (Å²) in [5.41, 5.74) is 0.831. The van der Waals surface area contributed by atoms with Crippen molar-refractivity contribution in [3.05, 3.63) is 59.4 Å². The van der Waals surface area contributed by atoms with Gasteiger partial charge >= 0.3 is 0 Å². The fourth-order valence-electron chi connectivity index (χ4n) is 3.33. The van der Waals surface area contributed by atoms with Gasteiger partial charge in [0.1, 0.15) is 5.75 Å². The van der Waals surface area contributed by atoms with Crippen molar-refractivity contribution in [2.45, 2.75) is 11.4 Å². The second-order valence-electron chi connectivity index (χ2n) is 6.84. The molecule has 0 unspecified atom stereocenters. The quantitative estimate of drug-likeness (QED) is 0.567. The lowest BCUT2D eigenvalue weighted by Crippen LogP contribution is -2.48. The zero-order valence-corrected chi connectivity index (χ0v) is 17.9. The van der Waals surface area contributed by atoms with Gasteiger partial charge in [0.05, 0.1) is 24.2 Å².